The lowest BCUT2D eigenvalue weighted by Crippen LogP contribution is -2.06. The first-order valence-electron chi connectivity index (χ1n) is 9.03. The number of rotatable bonds is 12. The molecule has 0 atom stereocenters. The predicted octanol–water partition coefficient (Wildman–Crippen LogP) is 5.01. The van der Waals surface area contributed by atoms with E-state index in [-0.39, 0.29) is 0 Å². The maximum atomic E-state index is 5.83. The van der Waals surface area contributed by atoms with Crippen LogP contribution in [-0.4, -0.2) is 27.4 Å². The van der Waals surface area contributed by atoms with Crippen LogP contribution in [0.5, 0.6) is 23.0 Å². The SMILES string of the molecule is C=CCc1ccc(OCCCOc2ccc(CC=C)cc2OC)c(OC)c1. The second-order valence-electron chi connectivity index (χ2n) is 6.01. The Balaban J connectivity index is 1.84. The highest BCUT2D eigenvalue weighted by molar-refractivity contribution is 5.44. The van der Waals surface area contributed by atoms with Crippen molar-refractivity contribution >= 4 is 0 Å². The van der Waals surface area contributed by atoms with Gasteiger partial charge in [0.05, 0.1) is 27.4 Å². The molecule has 0 heterocycles. The summed E-state index contributed by atoms with van der Waals surface area (Å²) < 4.78 is 22.5. The van der Waals surface area contributed by atoms with E-state index < -0.39 is 0 Å². The van der Waals surface area contributed by atoms with Gasteiger partial charge < -0.3 is 18.9 Å². The van der Waals surface area contributed by atoms with Crippen LogP contribution in [0, 0.1) is 0 Å². The third-order valence-electron chi connectivity index (χ3n) is 4.02. The summed E-state index contributed by atoms with van der Waals surface area (Å²) in [6.07, 6.45) is 6.08. The van der Waals surface area contributed by atoms with Gasteiger partial charge in [0.1, 0.15) is 0 Å². The van der Waals surface area contributed by atoms with Crippen molar-refractivity contribution in [1.82, 2.24) is 0 Å². The highest BCUT2D eigenvalue weighted by Gasteiger charge is 2.07. The number of methoxy groups -OCH3 is 2. The molecule has 0 aliphatic heterocycles. The van der Waals surface area contributed by atoms with Crippen LogP contribution in [-0.2, 0) is 12.8 Å². The van der Waals surface area contributed by atoms with Gasteiger partial charge in [-0.15, -0.1) is 13.2 Å². The summed E-state index contributed by atoms with van der Waals surface area (Å²) in [5.41, 5.74) is 2.29. The molecule has 4 nitrogen and oxygen atoms in total. The van der Waals surface area contributed by atoms with Gasteiger partial charge in [-0.05, 0) is 48.2 Å². The van der Waals surface area contributed by atoms with Crippen LogP contribution in [0.15, 0.2) is 61.7 Å². The Kier molecular flexibility index (Phi) is 8.30. The molecule has 0 bridgehead atoms. The lowest BCUT2D eigenvalue weighted by molar-refractivity contribution is 0.234. The van der Waals surface area contributed by atoms with E-state index >= 15 is 0 Å². The minimum absolute atomic E-state index is 0.536. The Hall–Kier alpha value is -2.88. The average Bonchev–Trinajstić information content (AvgIpc) is 2.69. The van der Waals surface area contributed by atoms with Gasteiger partial charge in [-0.3, -0.25) is 0 Å². The van der Waals surface area contributed by atoms with Crippen LogP contribution in [0.4, 0.5) is 0 Å². The summed E-state index contributed by atoms with van der Waals surface area (Å²) in [5, 5.41) is 0. The van der Waals surface area contributed by atoms with Gasteiger partial charge in [0.2, 0.25) is 0 Å². The van der Waals surface area contributed by atoms with E-state index in [4.69, 9.17) is 18.9 Å². The van der Waals surface area contributed by atoms with Crippen molar-refractivity contribution < 1.29 is 18.9 Å². The van der Waals surface area contributed by atoms with E-state index in [1.807, 2.05) is 48.6 Å². The lowest BCUT2D eigenvalue weighted by Gasteiger charge is -2.13. The normalized spacial score (nSPS) is 10.1. The molecule has 2 aromatic rings. The highest BCUT2D eigenvalue weighted by atomic mass is 16.5. The fourth-order valence-corrected chi connectivity index (χ4v) is 2.67. The number of hydrogen-bond donors (Lipinski definition) is 0. The van der Waals surface area contributed by atoms with E-state index in [2.05, 4.69) is 13.2 Å². The maximum absolute atomic E-state index is 5.83. The fraction of sp³-hybridized carbons (Fsp3) is 0.304. The summed E-state index contributed by atoms with van der Waals surface area (Å²) in [5.74, 6) is 2.93. The third-order valence-corrected chi connectivity index (χ3v) is 4.02. The van der Waals surface area contributed by atoms with Crippen molar-refractivity contribution in [2.45, 2.75) is 19.3 Å². The van der Waals surface area contributed by atoms with Crippen molar-refractivity contribution in [2.24, 2.45) is 0 Å². The standard InChI is InChI=1S/C23H28O4/c1-5-8-18-10-12-20(22(16-18)24-3)26-14-7-15-27-21-13-11-19(9-6-2)17-23(21)25-4/h5-6,10-13,16-17H,1-2,7-9,14-15H2,3-4H3. The molecular formula is C23H28O4. The largest absolute Gasteiger partial charge is 0.493 e. The van der Waals surface area contributed by atoms with Crippen molar-refractivity contribution in [3.8, 4) is 23.0 Å². The second-order valence-corrected chi connectivity index (χ2v) is 6.01. The molecule has 0 saturated heterocycles. The van der Waals surface area contributed by atoms with Gasteiger partial charge in [0.25, 0.3) is 0 Å². The van der Waals surface area contributed by atoms with Crippen LogP contribution in [0.3, 0.4) is 0 Å². The molecule has 0 aliphatic carbocycles. The molecule has 2 aromatic carbocycles. The van der Waals surface area contributed by atoms with Crippen LogP contribution < -0.4 is 18.9 Å². The Morgan fingerprint density at radius 1 is 0.704 bits per heavy atom. The van der Waals surface area contributed by atoms with E-state index in [1.54, 1.807) is 14.2 Å². The molecule has 0 spiro atoms. The highest BCUT2D eigenvalue weighted by Crippen LogP contribution is 2.30. The zero-order valence-electron chi connectivity index (χ0n) is 16.2. The van der Waals surface area contributed by atoms with Crippen molar-refractivity contribution in [2.75, 3.05) is 27.4 Å². The molecule has 0 aromatic heterocycles. The smallest absolute Gasteiger partial charge is 0.161 e. The first-order valence-corrected chi connectivity index (χ1v) is 9.03. The fourth-order valence-electron chi connectivity index (χ4n) is 2.67. The topological polar surface area (TPSA) is 36.9 Å². The molecule has 27 heavy (non-hydrogen) atoms. The lowest BCUT2D eigenvalue weighted by atomic mass is 10.1. The molecule has 0 amide bonds. The maximum Gasteiger partial charge on any atom is 0.161 e. The number of benzene rings is 2. The minimum atomic E-state index is 0.536. The van der Waals surface area contributed by atoms with E-state index in [0.717, 1.165) is 53.4 Å². The van der Waals surface area contributed by atoms with Gasteiger partial charge in [-0.2, -0.15) is 0 Å². The van der Waals surface area contributed by atoms with E-state index in [1.165, 1.54) is 0 Å². The Morgan fingerprint density at radius 3 is 1.52 bits per heavy atom. The Labute approximate surface area is 162 Å². The molecule has 0 unspecified atom stereocenters. The van der Waals surface area contributed by atoms with Crippen molar-refractivity contribution in [3.63, 3.8) is 0 Å². The average molecular weight is 368 g/mol. The molecule has 2 rings (SSSR count). The third kappa shape index (κ3) is 6.10. The summed E-state index contributed by atoms with van der Waals surface area (Å²) in [4.78, 5) is 0. The van der Waals surface area contributed by atoms with Gasteiger partial charge >= 0.3 is 0 Å². The summed E-state index contributed by atoms with van der Waals surface area (Å²) in [6.45, 7) is 8.58. The second kappa shape index (κ2) is 11.0. The van der Waals surface area contributed by atoms with E-state index in [9.17, 15) is 0 Å². The Bertz CT molecular complexity index is 689. The van der Waals surface area contributed by atoms with Crippen molar-refractivity contribution in [1.29, 1.82) is 0 Å². The molecule has 4 heteroatoms. The van der Waals surface area contributed by atoms with Gasteiger partial charge in [-0.25, -0.2) is 0 Å². The van der Waals surface area contributed by atoms with Crippen LogP contribution >= 0.6 is 0 Å². The molecule has 0 aliphatic rings. The Morgan fingerprint density at radius 2 is 1.15 bits per heavy atom. The number of allylic oxidation sites excluding steroid dienone is 2. The monoisotopic (exact) mass is 368 g/mol. The van der Waals surface area contributed by atoms with Crippen LogP contribution in [0.25, 0.3) is 0 Å². The molecule has 0 saturated carbocycles. The summed E-state index contributed by atoms with van der Waals surface area (Å²) >= 11 is 0. The molecule has 0 radical (unpaired) electrons. The van der Waals surface area contributed by atoms with E-state index in [0.29, 0.717) is 13.2 Å². The van der Waals surface area contributed by atoms with Crippen molar-refractivity contribution in [3.05, 3.63) is 72.8 Å². The summed E-state index contributed by atoms with van der Waals surface area (Å²) in [7, 11) is 3.29. The van der Waals surface area contributed by atoms with Gasteiger partial charge in [0.15, 0.2) is 23.0 Å². The predicted molar refractivity (Wildman–Crippen MR) is 109 cm³/mol. The summed E-state index contributed by atoms with van der Waals surface area (Å²) in [6, 6.07) is 11.9. The number of ether oxygens (including phenoxy) is 4. The molecule has 144 valence electrons. The molecule has 0 fully saturated rings. The first-order chi connectivity index (χ1) is 13.2. The van der Waals surface area contributed by atoms with Crippen LogP contribution in [0.1, 0.15) is 17.5 Å². The minimum Gasteiger partial charge on any atom is -0.493 e. The molecule has 0 N–H and O–H groups in total. The van der Waals surface area contributed by atoms with Crippen LogP contribution in [0.2, 0.25) is 0 Å². The zero-order chi connectivity index (χ0) is 19.5. The quantitative estimate of drug-likeness (QED) is 0.390. The zero-order valence-corrected chi connectivity index (χ0v) is 16.2. The van der Waals surface area contributed by atoms with Gasteiger partial charge in [0, 0.05) is 6.42 Å². The number of hydrogen-bond acceptors (Lipinski definition) is 4. The first kappa shape index (κ1) is 20.4. The molecular weight excluding hydrogens is 340 g/mol. The van der Waals surface area contributed by atoms with Gasteiger partial charge in [-0.1, -0.05) is 24.3 Å².